The van der Waals surface area contributed by atoms with Crippen LogP contribution in [0.15, 0.2) is 48.7 Å². The van der Waals surface area contributed by atoms with Gasteiger partial charge in [-0.25, -0.2) is 4.79 Å². The van der Waals surface area contributed by atoms with E-state index in [2.05, 4.69) is 15.6 Å². The highest BCUT2D eigenvalue weighted by atomic mass is 35.5. The van der Waals surface area contributed by atoms with Crippen molar-refractivity contribution in [3.63, 3.8) is 0 Å². The fourth-order valence-corrected chi connectivity index (χ4v) is 2.57. The number of nitrogens with zero attached hydrogens (tertiary/aromatic N) is 1. The van der Waals surface area contributed by atoms with Gasteiger partial charge in [-0.15, -0.1) is 0 Å². The number of aromatic hydroxyl groups is 1. The van der Waals surface area contributed by atoms with Gasteiger partial charge in [-0.05, 0) is 42.5 Å². The summed E-state index contributed by atoms with van der Waals surface area (Å²) in [5, 5.41) is 15.8. The standard InChI is InChI=1S/C17H11ClF3N3O2/c18-12-8-13(15(25)14-11(12)2-1-7-22-14)24-16(26)23-10-5-3-9(4-6-10)17(19,20)21/h1-8,25H,(H2,23,24,26). The molecule has 0 saturated heterocycles. The predicted molar refractivity (Wildman–Crippen MR) is 92.5 cm³/mol. The number of halogens is 4. The van der Waals surface area contributed by atoms with E-state index in [0.717, 1.165) is 24.3 Å². The van der Waals surface area contributed by atoms with Gasteiger partial charge in [0, 0.05) is 17.3 Å². The maximum absolute atomic E-state index is 12.5. The number of carbonyl (C=O) groups is 1. The molecule has 3 rings (SSSR count). The summed E-state index contributed by atoms with van der Waals surface area (Å²) in [5.74, 6) is -0.271. The summed E-state index contributed by atoms with van der Waals surface area (Å²) in [7, 11) is 0. The minimum atomic E-state index is -4.46. The van der Waals surface area contributed by atoms with Crippen molar-refractivity contribution in [3.05, 3.63) is 59.2 Å². The second-order valence-corrected chi connectivity index (χ2v) is 5.72. The Morgan fingerprint density at radius 2 is 1.81 bits per heavy atom. The van der Waals surface area contributed by atoms with Gasteiger partial charge in [-0.3, -0.25) is 4.98 Å². The zero-order valence-electron chi connectivity index (χ0n) is 12.9. The van der Waals surface area contributed by atoms with Crippen molar-refractivity contribution in [2.75, 3.05) is 10.6 Å². The molecule has 0 atom stereocenters. The molecule has 9 heteroatoms. The van der Waals surface area contributed by atoms with E-state index in [-0.39, 0.29) is 27.7 Å². The van der Waals surface area contributed by atoms with Crippen molar-refractivity contribution in [1.29, 1.82) is 0 Å². The van der Waals surface area contributed by atoms with Crippen LogP contribution in [-0.2, 0) is 6.18 Å². The summed E-state index contributed by atoms with van der Waals surface area (Å²) in [6.07, 6.45) is -2.99. The number of anilines is 2. The van der Waals surface area contributed by atoms with Crippen LogP contribution in [0.3, 0.4) is 0 Å². The number of nitrogens with one attached hydrogen (secondary N) is 2. The van der Waals surface area contributed by atoms with Crippen LogP contribution < -0.4 is 10.6 Å². The van der Waals surface area contributed by atoms with Crippen LogP contribution in [-0.4, -0.2) is 16.1 Å². The first-order valence-corrected chi connectivity index (χ1v) is 7.65. The van der Waals surface area contributed by atoms with Crippen molar-refractivity contribution in [2.24, 2.45) is 0 Å². The van der Waals surface area contributed by atoms with E-state index < -0.39 is 17.8 Å². The van der Waals surface area contributed by atoms with Crippen molar-refractivity contribution in [3.8, 4) is 5.75 Å². The lowest BCUT2D eigenvalue weighted by Crippen LogP contribution is -2.19. The molecule has 1 heterocycles. The van der Waals surface area contributed by atoms with Crippen molar-refractivity contribution in [1.82, 2.24) is 4.98 Å². The molecule has 0 fully saturated rings. The van der Waals surface area contributed by atoms with Gasteiger partial charge in [0.05, 0.1) is 16.3 Å². The number of amides is 2. The molecule has 2 aromatic carbocycles. The Hall–Kier alpha value is -3.00. The first kappa shape index (κ1) is 17.8. The molecule has 1 aromatic heterocycles. The summed E-state index contributed by atoms with van der Waals surface area (Å²) >= 11 is 6.11. The number of carbonyl (C=O) groups excluding carboxylic acids is 1. The van der Waals surface area contributed by atoms with Gasteiger partial charge in [0.2, 0.25) is 0 Å². The van der Waals surface area contributed by atoms with Gasteiger partial charge in [0.25, 0.3) is 0 Å². The molecule has 2 amide bonds. The third-order valence-electron chi connectivity index (χ3n) is 3.53. The smallest absolute Gasteiger partial charge is 0.416 e. The highest BCUT2D eigenvalue weighted by Crippen LogP contribution is 2.36. The summed E-state index contributed by atoms with van der Waals surface area (Å²) < 4.78 is 37.6. The molecule has 26 heavy (non-hydrogen) atoms. The van der Waals surface area contributed by atoms with E-state index in [1.54, 1.807) is 12.1 Å². The van der Waals surface area contributed by atoms with Crippen LogP contribution in [0, 0.1) is 0 Å². The zero-order chi connectivity index (χ0) is 18.9. The Bertz CT molecular complexity index is 975. The molecule has 0 bridgehead atoms. The molecule has 3 aromatic rings. The van der Waals surface area contributed by atoms with Crippen LogP contribution >= 0.6 is 11.6 Å². The number of alkyl halides is 3. The van der Waals surface area contributed by atoms with E-state index in [1.165, 1.54) is 12.3 Å². The van der Waals surface area contributed by atoms with Crippen LogP contribution in [0.4, 0.5) is 29.3 Å². The fraction of sp³-hybridized carbons (Fsp3) is 0.0588. The molecule has 0 aliphatic rings. The number of phenols is 1. The fourth-order valence-electron chi connectivity index (χ4n) is 2.31. The largest absolute Gasteiger partial charge is 0.504 e. The second-order valence-electron chi connectivity index (χ2n) is 5.31. The Balaban J connectivity index is 1.78. The summed E-state index contributed by atoms with van der Waals surface area (Å²) in [4.78, 5) is 16.1. The normalized spacial score (nSPS) is 11.4. The molecule has 5 nitrogen and oxygen atoms in total. The molecule has 134 valence electrons. The number of urea groups is 1. The van der Waals surface area contributed by atoms with E-state index in [4.69, 9.17) is 11.6 Å². The monoisotopic (exact) mass is 381 g/mol. The molecular weight excluding hydrogens is 371 g/mol. The molecule has 0 aliphatic carbocycles. The van der Waals surface area contributed by atoms with Crippen molar-refractivity contribution in [2.45, 2.75) is 6.18 Å². The second kappa shape index (κ2) is 6.72. The number of benzene rings is 2. The van der Waals surface area contributed by atoms with Gasteiger partial charge >= 0.3 is 12.2 Å². The van der Waals surface area contributed by atoms with Crippen LogP contribution in [0.25, 0.3) is 10.9 Å². The van der Waals surface area contributed by atoms with E-state index in [1.807, 2.05) is 0 Å². The average Bonchev–Trinajstić information content (AvgIpc) is 2.59. The lowest BCUT2D eigenvalue weighted by atomic mass is 10.2. The first-order valence-electron chi connectivity index (χ1n) is 7.27. The molecule has 0 radical (unpaired) electrons. The lowest BCUT2D eigenvalue weighted by molar-refractivity contribution is -0.137. The number of rotatable bonds is 2. The van der Waals surface area contributed by atoms with E-state index in [9.17, 15) is 23.1 Å². The van der Waals surface area contributed by atoms with Crippen LogP contribution in [0.5, 0.6) is 5.75 Å². The van der Waals surface area contributed by atoms with E-state index in [0.29, 0.717) is 5.39 Å². The Morgan fingerprint density at radius 1 is 1.12 bits per heavy atom. The Kier molecular flexibility index (Phi) is 4.60. The molecule has 3 N–H and O–H groups in total. The van der Waals surface area contributed by atoms with Gasteiger partial charge in [0.1, 0.15) is 5.52 Å². The van der Waals surface area contributed by atoms with Crippen molar-refractivity contribution >= 4 is 39.9 Å². The molecule has 0 saturated carbocycles. The predicted octanol–water partition coefficient (Wildman–Crippen LogP) is 5.26. The van der Waals surface area contributed by atoms with Crippen LogP contribution in [0.2, 0.25) is 5.02 Å². The minimum Gasteiger partial charge on any atom is -0.504 e. The number of fused-ring (bicyclic) bond motifs is 1. The first-order chi connectivity index (χ1) is 12.3. The van der Waals surface area contributed by atoms with Gasteiger partial charge in [-0.1, -0.05) is 11.6 Å². The highest BCUT2D eigenvalue weighted by molar-refractivity contribution is 6.36. The third kappa shape index (κ3) is 3.65. The Morgan fingerprint density at radius 3 is 2.46 bits per heavy atom. The number of pyridine rings is 1. The summed E-state index contributed by atoms with van der Waals surface area (Å²) in [6.45, 7) is 0. The van der Waals surface area contributed by atoms with E-state index >= 15 is 0 Å². The number of phenolic OH excluding ortho intramolecular Hbond substituents is 1. The molecular formula is C17H11ClF3N3O2. The number of hydrogen-bond acceptors (Lipinski definition) is 3. The van der Waals surface area contributed by atoms with Gasteiger partial charge in [-0.2, -0.15) is 13.2 Å². The minimum absolute atomic E-state index is 0.0191. The van der Waals surface area contributed by atoms with Crippen molar-refractivity contribution < 1.29 is 23.1 Å². The number of hydrogen-bond donors (Lipinski definition) is 3. The zero-order valence-corrected chi connectivity index (χ0v) is 13.7. The average molecular weight is 382 g/mol. The maximum Gasteiger partial charge on any atom is 0.416 e. The summed E-state index contributed by atoms with van der Waals surface area (Å²) in [6, 6.07) is 7.86. The highest BCUT2D eigenvalue weighted by Gasteiger charge is 2.30. The Labute approximate surface area is 150 Å². The third-order valence-corrected chi connectivity index (χ3v) is 3.85. The van der Waals surface area contributed by atoms with Gasteiger partial charge in [0.15, 0.2) is 5.75 Å². The maximum atomic E-state index is 12.5. The summed E-state index contributed by atoms with van der Waals surface area (Å²) in [5.41, 5.74) is -0.441. The molecule has 0 spiro atoms. The molecule has 0 aliphatic heterocycles. The lowest BCUT2D eigenvalue weighted by Gasteiger charge is -2.12. The van der Waals surface area contributed by atoms with Gasteiger partial charge < -0.3 is 15.7 Å². The molecule has 0 unspecified atom stereocenters. The topological polar surface area (TPSA) is 74.2 Å². The quantitative estimate of drug-likeness (QED) is 0.530. The SMILES string of the molecule is O=C(Nc1ccc(C(F)(F)F)cc1)Nc1cc(Cl)c2cccnc2c1O. The number of aromatic nitrogens is 1. The van der Waals surface area contributed by atoms with Crippen LogP contribution in [0.1, 0.15) is 5.56 Å².